The van der Waals surface area contributed by atoms with Gasteiger partial charge in [0.05, 0.1) is 15.6 Å². The Kier molecular flexibility index (Phi) is 10.7. The molecular formula is C17H32ClNPPd+. The Morgan fingerprint density at radius 1 is 0.857 bits per heavy atom. The molecule has 0 saturated heterocycles. The molecular weight excluding hydrogens is 391 g/mol. The van der Waals surface area contributed by atoms with Gasteiger partial charge >= 0.3 is 27.7 Å². The average molecular weight is 423 g/mol. The zero-order chi connectivity index (χ0) is 16.1. The molecule has 1 aromatic carbocycles. The molecule has 0 radical (unpaired) electrons. The first-order valence-electron chi connectivity index (χ1n) is 6.81. The number of nitrogens with zero attached hydrogens (tertiary/aromatic N) is 1. The molecule has 0 bridgehead atoms. The summed E-state index contributed by atoms with van der Waals surface area (Å²) in [5, 5.41) is 2.30. The fourth-order valence-electron chi connectivity index (χ4n) is 2.92. The maximum atomic E-state index is 4.49. The molecule has 21 heavy (non-hydrogen) atoms. The second kappa shape index (κ2) is 9.52. The van der Waals surface area contributed by atoms with Crippen LogP contribution in [0.15, 0.2) is 24.3 Å². The molecule has 0 fully saturated rings. The van der Waals surface area contributed by atoms with Crippen LogP contribution < -0.4 is 10.2 Å². The molecule has 1 rings (SSSR count). The molecule has 0 N–H and O–H groups in total. The van der Waals surface area contributed by atoms with Crippen LogP contribution in [0, 0.1) is 7.43 Å². The quantitative estimate of drug-likeness (QED) is 0.353. The van der Waals surface area contributed by atoms with Crippen LogP contribution in [0.5, 0.6) is 0 Å². The molecule has 1 aromatic rings. The summed E-state index contributed by atoms with van der Waals surface area (Å²) in [6.07, 6.45) is 0. The van der Waals surface area contributed by atoms with Gasteiger partial charge in [0.25, 0.3) is 0 Å². The van der Waals surface area contributed by atoms with E-state index in [1.165, 1.54) is 5.69 Å². The van der Waals surface area contributed by atoms with E-state index in [0.717, 1.165) is 0 Å². The normalized spacial score (nSPS) is 11.4. The molecule has 0 aromatic heterocycles. The summed E-state index contributed by atoms with van der Waals surface area (Å²) in [4.78, 5) is 2.16. The number of rotatable bonds is 2. The predicted molar refractivity (Wildman–Crippen MR) is 100 cm³/mol. The molecule has 1 nitrogen and oxygen atoms in total. The predicted octanol–water partition coefficient (Wildman–Crippen LogP) is 5.33. The van der Waals surface area contributed by atoms with Gasteiger partial charge in [-0.2, -0.15) is 0 Å². The van der Waals surface area contributed by atoms with E-state index in [-0.39, 0.29) is 7.43 Å². The SMILES string of the molecule is CN(C)c1ccc([PH+](C(C)(C)C)C(C)(C)C)cc1.[CH3-].[Cl][Pd+]. The minimum atomic E-state index is -0.614. The van der Waals surface area contributed by atoms with Gasteiger partial charge < -0.3 is 12.3 Å². The Bertz CT molecular complexity index is 377. The molecule has 4 heteroatoms. The van der Waals surface area contributed by atoms with Crippen LogP contribution in [0.1, 0.15) is 41.5 Å². The molecule has 0 aliphatic heterocycles. The number of hydrogen-bond acceptors (Lipinski definition) is 1. The molecule has 0 atom stereocenters. The topological polar surface area (TPSA) is 3.24 Å². The first-order valence-corrected chi connectivity index (χ1v) is 10.3. The van der Waals surface area contributed by atoms with Crippen LogP contribution in [-0.4, -0.2) is 24.4 Å². The molecule has 0 aliphatic carbocycles. The summed E-state index contributed by atoms with van der Waals surface area (Å²) in [5.74, 6) is 0. The number of hydrogen-bond donors (Lipinski definition) is 0. The van der Waals surface area contributed by atoms with E-state index in [1.54, 1.807) is 5.30 Å². The molecule has 0 amide bonds. The number of benzene rings is 1. The van der Waals surface area contributed by atoms with Crippen molar-refractivity contribution in [1.82, 2.24) is 0 Å². The molecule has 126 valence electrons. The Labute approximate surface area is 149 Å². The van der Waals surface area contributed by atoms with Gasteiger partial charge in [0, 0.05) is 27.7 Å². The van der Waals surface area contributed by atoms with Crippen LogP contribution in [0.3, 0.4) is 0 Å². The first kappa shape index (κ1) is 23.7. The van der Waals surface area contributed by atoms with Crippen molar-refractivity contribution in [3.63, 3.8) is 0 Å². The molecule has 0 spiro atoms. The van der Waals surface area contributed by atoms with E-state index >= 15 is 0 Å². The molecule has 0 saturated carbocycles. The standard InChI is InChI=1S/C16H28NP.CH3.ClH.Pd/c1-15(2,3)18(16(4,5)6)14-11-9-13(10-12-14)17(7)8;;;/h9-12H,1-8H3;1H3;1H;/q;-1;;+2. The van der Waals surface area contributed by atoms with Crippen LogP contribution >= 0.6 is 17.5 Å². The molecule has 0 aliphatic rings. The Morgan fingerprint density at radius 3 is 1.43 bits per heavy atom. The second-order valence-corrected chi connectivity index (χ2v) is 11.6. The van der Waals surface area contributed by atoms with E-state index in [4.69, 9.17) is 0 Å². The summed E-state index contributed by atoms with van der Waals surface area (Å²) in [6, 6.07) is 9.16. The van der Waals surface area contributed by atoms with Crippen LogP contribution in [0.4, 0.5) is 5.69 Å². The number of anilines is 1. The van der Waals surface area contributed by atoms with Gasteiger partial charge in [-0.05, 0) is 65.8 Å². The van der Waals surface area contributed by atoms with Crippen molar-refractivity contribution in [1.29, 1.82) is 0 Å². The van der Waals surface area contributed by atoms with Gasteiger partial charge in [-0.25, -0.2) is 0 Å². The van der Waals surface area contributed by atoms with Crippen molar-refractivity contribution < 1.29 is 18.2 Å². The van der Waals surface area contributed by atoms with Crippen molar-refractivity contribution in [3.05, 3.63) is 31.7 Å². The van der Waals surface area contributed by atoms with Crippen LogP contribution in [0.25, 0.3) is 0 Å². The van der Waals surface area contributed by atoms with Gasteiger partial charge in [-0.15, -0.1) is 0 Å². The second-order valence-electron chi connectivity index (χ2n) is 7.32. The zero-order valence-electron chi connectivity index (χ0n) is 15.0. The van der Waals surface area contributed by atoms with E-state index < -0.39 is 7.92 Å². The van der Waals surface area contributed by atoms with Crippen LogP contribution in [0.2, 0.25) is 0 Å². The van der Waals surface area contributed by atoms with Gasteiger partial charge in [-0.1, -0.05) is 0 Å². The first-order chi connectivity index (χ1) is 9.03. The fourth-order valence-corrected chi connectivity index (χ4v) is 7.40. The van der Waals surface area contributed by atoms with Crippen molar-refractivity contribution in [2.75, 3.05) is 19.0 Å². The Hall–Kier alpha value is 0.402. The number of halogens is 1. The summed E-state index contributed by atoms with van der Waals surface area (Å²) < 4.78 is 0. The Balaban J connectivity index is 0. The fraction of sp³-hybridized carbons (Fsp3) is 0.588. The third-order valence-corrected chi connectivity index (χ3v) is 7.08. The zero-order valence-corrected chi connectivity index (χ0v) is 18.3. The third-order valence-electron chi connectivity index (χ3n) is 3.17. The average Bonchev–Trinajstić information content (AvgIpc) is 2.28. The monoisotopic (exact) mass is 422 g/mol. The van der Waals surface area contributed by atoms with Crippen molar-refractivity contribution in [3.8, 4) is 0 Å². The molecule has 0 unspecified atom stereocenters. The van der Waals surface area contributed by atoms with Gasteiger partial charge in [0.2, 0.25) is 0 Å². The summed E-state index contributed by atoms with van der Waals surface area (Å²) in [5.41, 5.74) is 1.28. The summed E-state index contributed by atoms with van der Waals surface area (Å²) >= 11 is 2.22. The van der Waals surface area contributed by atoms with Crippen molar-refractivity contribution in [2.45, 2.75) is 51.9 Å². The summed E-state index contributed by atoms with van der Waals surface area (Å²) in [7, 11) is 8.06. The van der Waals surface area contributed by atoms with Crippen LogP contribution in [-0.2, 0) is 18.2 Å². The minimum absolute atomic E-state index is 0. The third kappa shape index (κ3) is 7.48. The van der Waals surface area contributed by atoms with Gasteiger partial charge in [-0.3, -0.25) is 0 Å². The van der Waals surface area contributed by atoms with Gasteiger partial charge in [0.1, 0.15) is 0 Å². The summed E-state index contributed by atoms with van der Waals surface area (Å²) in [6.45, 7) is 14.3. The molecule has 0 heterocycles. The maximum absolute atomic E-state index is 4.49. The van der Waals surface area contributed by atoms with Crippen molar-refractivity contribution >= 4 is 28.4 Å². The van der Waals surface area contributed by atoms with Gasteiger partial charge in [0.15, 0.2) is 0 Å². The van der Waals surface area contributed by atoms with E-state index in [1.807, 2.05) is 0 Å². The Morgan fingerprint density at radius 2 is 1.19 bits per heavy atom. The van der Waals surface area contributed by atoms with E-state index in [0.29, 0.717) is 10.3 Å². The van der Waals surface area contributed by atoms with E-state index in [2.05, 4.69) is 113 Å². The van der Waals surface area contributed by atoms with E-state index in [9.17, 15) is 0 Å². The van der Waals surface area contributed by atoms with Crippen molar-refractivity contribution in [2.24, 2.45) is 0 Å².